The van der Waals surface area contributed by atoms with Crippen LogP contribution in [0.15, 0.2) is 19.0 Å². The van der Waals surface area contributed by atoms with Gasteiger partial charge in [-0.05, 0) is 19.4 Å². The van der Waals surface area contributed by atoms with Crippen LogP contribution in [-0.4, -0.2) is 16.3 Å². The van der Waals surface area contributed by atoms with Gasteiger partial charge in [-0.15, -0.1) is 12.3 Å². The minimum atomic E-state index is 0.851. The van der Waals surface area contributed by atoms with Crippen molar-refractivity contribution >= 4 is 6.20 Å². The minimum Gasteiger partial charge on any atom is -0.313 e. The van der Waals surface area contributed by atoms with E-state index in [1.165, 1.54) is 5.56 Å². The van der Waals surface area contributed by atoms with Gasteiger partial charge in [-0.3, -0.25) is 0 Å². The second kappa shape index (κ2) is 6.86. The van der Waals surface area contributed by atoms with Crippen molar-refractivity contribution in [1.82, 2.24) is 15.1 Å². The van der Waals surface area contributed by atoms with Crippen LogP contribution in [0.4, 0.5) is 0 Å². The summed E-state index contributed by atoms with van der Waals surface area (Å²) < 4.78 is 1.70. The number of rotatable bonds is 7. The lowest BCUT2D eigenvalue weighted by atomic mass is 10.2. The van der Waals surface area contributed by atoms with Crippen LogP contribution in [0.2, 0.25) is 0 Å². The van der Waals surface area contributed by atoms with Gasteiger partial charge in [0.25, 0.3) is 0 Å². The average molecular weight is 203 g/mol. The Balaban J connectivity index is 2.10. The summed E-state index contributed by atoms with van der Waals surface area (Å²) in [6.45, 7) is 5.49. The Bertz CT molecular complexity index is 333. The predicted octanol–water partition coefficient (Wildman–Crippen LogP) is 1.88. The van der Waals surface area contributed by atoms with Crippen LogP contribution in [0.25, 0.3) is 6.20 Å². The molecule has 1 aromatic heterocycles. The Morgan fingerprint density at radius 3 is 3.13 bits per heavy atom. The van der Waals surface area contributed by atoms with E-state index in [9.17, 15) is 0 Å². The SMILES string of the molecule is C#CCCCCNCc1cnn(C=C)c1. The molecule has 0 aliphatic rings. The molecule has 0 amide bonds. The number of nitrogens with one attached hydrogen (secondary N) is 1. The van der Waals surface area contributed by atoms with E-state index >= 15 is 0 Å². The van der Waals surface area contributed by atoms with Crippen LogP contribution in [0, 0.1) is 12.3 Å². The summed E-state index contributed by atoms with van der Waals surface area (Å²) in [6.07, 6.45) is 13.7. The second-order valence-electron chi connectivity index (χ2n) is 3.35. The molecule has 0 spiro atoms. The maximum absolute atomic E-state index is 5.16. The van der Waals surface area contributed by atoms with Gasteiger partial charge in [0.05, 0.1) is 6.20 Å². The molecule has 0 unspecified atom stereocenters. The topological polar surface area (TPSA) is 29.9 Å². The van der Waals surface area contributed by atoms with E-state index in [1.54, 1.807) is 10.9 Å². The Hall–Kier alpha value is -1.53. The lowest BCUT2D eigenvalue weighted by molar-refractivity contribution is 0.630. The number of hydrogen-bond acceptors (Lipinski definition) is 2. The smallest absolute Gasteiger partial charge is 0.0538 e. The number of hydrogen-bond donors (Lipinski definition) is 1. The van der Waals surface area contributed by atoms with Crippen LogP contribution in [0.1, 0.15) is 24.8 Å². The van der Waals surface area contributed by atoms with Crippen molar-refractivity contribution in [1.29, 1.82) is 0 Å². The number of terminal acetylenes is 1. The standard InChI is InChI=1S/C12H17N3/c1-3-5-6-7-8-13-9-12-10-14-15(4-2)11-12/h1,4,10-11,13H,2,5-9H2. The van der Waals surface area contributed by atoms with Crippen molar-refractivity contribution in [3.63, 3.8) is 0 Å². The van der Waals surface area contributed by atoms with Crippen molar-refractivity contribution < 1.29 is 0 Å². The van der Waals surface area contributed by atoms with Crippen molar-refractivity contribution in [3.8, 4) is 12.3 Å². The average Bonchev–Trinajstić information content (AvgIpc) is 2.71. The second-order valence-corrected chi connectivity index (χ2v) is 3.35. The van der Waals surface area contributed by atoms with Gasteiger partial charge < -0.3 is 5.32 Å². The van der Waals surface area contributed by atoms with Gasteiger partial charge in [0.15, 0.2) is 0 Å². The zero-order chi connectivity index (χ0) is 10.9. The van der Waals surface area contributed by atoms with Crippen molar-refractivity contribution in [2.24, 2.45) is 0 Å². The molecule has 1 heterocycles. The molecule has 0 aliphatic heterocycles. The molecule has 0 aliphatic carbocycles. The third-order valence-electron chi connectivity index (χ3n) is 2.10. The van der Waals surface area contributed by atoms with Crippen LogP contribution in [-0.2, 0) is 6.54 Å². The first-order valence-corrected chi connectivity index (χ1v) is 5.16. The van der Waals surface area contributed by atoms with E-state index in [-0.39, 0.29) is 0 Å². The van der Waals surface area contributed by atoms with E-state index in [0.717, 1.165) is 32.4 Å². The summed E-state index contributed by atoms with van der Waals surface area (Å²) in [7, 11) is 0. The number of unbranched alkanes of at least 4 members (excludes halogenated alkanes) is 2. The van der Waals surface area contributed by atoms with Crippen molar-refractivity contribution in [3.05, 3.63) is 24.5 Å². The first kappa shape index (κ1) is 11.5. The zero-order valence-corrected chi connectivity index (χ0v) is 8.95. The lowest BCUT2D eigenvalue weighted by Crippen LogP contribution is -2.14. The summed E-state index contributed by atoms with van der Waals surface area (Å²) >= 11 is 0. The molecule has 0 saturated carbocycles. The molecule has 0 bridgehead atoms. The Morgan fingerprint density at radius 1 is 1.60 bits per heavy atom. The Labute approximate surface area is 91.2 Å². The molecule has 0 saturated heterocycles. The highest BCUT2D eigenvalue weighted by molar-refractivity contribution is 5.17. The van der Waals surface area contributed by atoms with E-state index in [4.69, 9.17) is 6.42 Å². The molecule has 80 valence electrons. The maximum atomic E-state index is 5.16. The molecule has 0 aromatic carbocycles. The third kappa shape index (κ3) is 4.48. The maximum Gasteiger partial charge on any atom is 0.0538 e. The van der Waals surface area contributed by atoms with Gasteiger partial charge in [-0.1, -0.05) is 6.58 Å². The molecule has 15 heavy (non-hydrogen) atoms. The molecule has 1 aromatic rings. The fraction of sp³-hybridized carbons (Fsp3) is 0.417. The molecule has 0 atom stereocenters. The molecule has 1 rings (SSSR count). The number of aromatic nitrogens is 2. The number of nitrogens with zero attached hydrogens (tertiary/aromatic N) is 2. The summed E-state index contributed by atoms with van der Waals surface area (Å²) in [6, 6.07) is 0. The normalized spacial score (nSPS) is 9.80. The molecular formula is C12H17N3. The summed E-state index contributed by atoms with van der Waals surface area (Å²) in [4.78, 5) is 0. The fourth-order valence-corrected chi connectivity index (χ4v) is 1.28. The molecular weight excluding hydrogens is 186 g/mol. The lowest BCUT2D eigenvalue weighted by Gasteiger charge is -2.00. The first-order chi connectivity index (χ1) is 7.36. The van der Waals surface area contributed by atoms with Crippen LogP contribution >= 0.6 is 0 Å². The van der Waals surface area contributed by atoms with Gasteiger partial charge >= 0.3 is 0 Å². The van der Waals surface area contributed by atoms with Gasteiger partial charge in [-0.25, -0.2) is 4.68 Å². The largest absolute Gasteiger partial charge is 0.313 e. The quantitative estimate of drug-likeness (QED) is 0.541. The van der Waals surface area contributed by atoms with E-state index in [0.29, 0.717) is 0 Å². The highest BCUT2D eigenvalue weighted by Gasteiger charge is 1.95. The Kier molecular flexibility index (Phi) is 5.28. The fourth-order valence-electron chi connectivity index (χ4n) is 1.28. The predicted molar refractivity (Wildman–Crippen MR) is 63.0 cm³/mol. The van der Waals surface area contributed by atoms with Crippen molar-refractivity contribution in [2.45, 2.75) is 25.8 Å². The van der Waals surface area contributed by atoms with Crippen LogP contribution < -0.4 is 5.32 Å². The summed E-state index contributed by atoms with van der Waals surface area (Å²) in [5.74, 6) is 2.64. The third-order valence-corrected chi connectivity index (χ3v) is 2.10. The Morgan fingerprint density at radius 2 is 2.47 bits per heavy atom. The van der Waals surface area contributed by atoms with Crippen LogP contribution in [0.3, 0.4) is 0 Å². The summed E-state index contributed by atoms with van der Waals surface area (Å²) in [5.41, 5.74) is 1.17. The monoisotopic (exact) mass is 203 g/mol. The minimum absolute atomic E-state index is 0.851. The molecule has 1 N–H and O–H groups in total. The van der Waals surface area contributed by atoms with E-state index in [1.807, 2.05) is 12.4 Å². The van der Waals surface area contributed by atoms with Crippen molar-refractivity contribution in [2.75, 3.05) is 6.54 Å². The first-order valence-electron chi connectivity index (χ1n) is 5.16. The van der Waals surface area contributed by atoms with Gasteiger partial charge in [-0.2, -0.15) is 5.10 Å². The zero-order valence-electron chi connectivity index (χ0n) is 8.95. The highest BCUT2D eigenvalue weighted by Crippen LogP contribution is 1.97. The molecule has 3 heteroatoms. The van der Waals surface area contributed by atoms with E-state index < -0.39 is 0 Å². The van der Waals surface area contributed by atoms with E-state index in [2.05, 4.69) is 22.9 Å². The van der Waals surface area contributed by atoms with Gasteiger partial charge in [0.2, 0.25) is 0 Å². The van der Waals surface area contributed by atoms with Gasteiger partial charge in [0.1, 0.15) is 0 Å². The van der Waals surface area contributed by atoms with Crippen LogP contribution in [0.5, 0.6) is 0 Å². The molecule has 0 fully saturated rings. The molecule has 0 radical (unpaired) electrons. The highest BCUT2D eigenvalue weighted by atomic mass is 15.2. The van der Waals surface area contributed by atoms with Gasteiger partial charge in [0, 0.05) is 30.9 Å². The summed E-state index contributed by atoms with van der Waals surface area (Å²) in [5, 5.41) is 7.44. The molecule has 3 nitrogen and oxygen atoms in total.